The Kier molecular flexibility index (Phi) is 8.22. The van der Waals surface area contributed by atoms with Gasteiger partial charge in [-0.15, -0.1) is 11.3 Å². The lowest BCUT2D eigenvalue weighted by Crippen LogP contribution is -2.53. The van der Waals surface area contributed by atoms with Gasteiger partial charge in [0.15, 0.2) is 0 Å². The number of aryl methyl sites for hydroxylation is 1. The van der Waals surface area contributed by atoms with Crippen LogP contribution in [-0.4, -0.2) is 76.7 Å². The second-order valence-electron chi connectivity index (χ2n) is 13.9. The van der Waals surface area contributed by atoms with Crippen molar-refractivity contribution in [2.45, 2.75) is 69.7 Å². The van der Waals surface area contributed by atoms with Gasteiger partial charge in [0, 0.05) is 78.8 Å². The number of hydrogen-bond donors (Lipinski definition) is 1. The number of thiazole rings is 1. The van der Waals surface area contributed by atoms with E-state index >= 15 is 0 Å². The molecule has 248 valence electrons. The molecule has 0 unspecified atom stereocenters. The maximum absolute atomic E-state index is 14.2. The smallest absolute Gasteiger partial charge is 0.262 e. The third kappa shape index (κ3) is 6.22. The molecule has 1 aliphatic carbocycles. The highest BCUT2D eigenvalue weighted by Crippen LogP contribution is 2.38. The van der Waals surface area contributed by atoms with Crippen molar-refractivity contribution < 1.29 is 9.90 Å². The Labute approximate surface area is 283 Å². The Morgan fingerprint density at radius 2 is 1.79 bits per heavy atom. The van der Waals surface area contributed by atoms with E-state index < -0.39 is 5.60 Å². The predicted molar refractivity (Wildman–Crippen MR) is 186 cm³/mol. The Hall–Kier alpha value is -4.19. The number of rotatable bonds is 8. The Morgan fingerprint density at radius 1 is 0.979 bits per heavy atom. The summed E-state index contributed by atoms with van der Waals surface area (Å²) in [5.74, 6) is 0.107. The molecule has 0 spiro atoms. The lowest BCUT2D eigenvalue weighted by Gasteiger charge is -2.43. The van der Waals surface area contributed by atoms with E-state index in [2.05, 4.69) is 54.8 Å². The number of aliphatic hydroxyl groups is 1. The zero-order chi connectivity index (χ0) is 32.8. The van der Waals surface area contributed by atoms with E-state index in [4.69, 9.17) is 0 Å². The van der Waals surface area contributed by atoms with Gasteiger partial charge in [-0.3, -0.25) is 24.0 Å². The summed E-state index contributed by atoms with van der Waals surface area (Å²) >= 11 is 1.70. The fourth-order valence-corrected chi connectivity index (χ4v) is 8.46. The van der Waals surface area contributed by atoms with Crippen LogP contribution in [0.2, 0.25) is 0 Å². The quantitative estimate of drug-likeness (QED) is 0.248. The van der Waals surface area contributed by atoms with Crippen LogP contribution in [-0.2, 0) is 17.9 Å². The second kappa shape index (κ2) is 12.7. The normalized spacial score (nSPS) is 21.5. The SMILES string of the molecule is Cc1ccc(-c2ncc(CN3CC[C@@H](C(=O)N4CCC(O)(Cn5cnc6c(ccn6C6CC6)c5=O)CC4)[C@H](c4ccccc4)C3)s2)cn1. The van der Waals surface area contributed by atoms with Gasteiger partial charge in [0.2, 0.25) is 5.91 Å². The number of fused-ring (bicyclic) bond motifs is 1. The molecule has 2 atom stereocenters. The Bertz CT molecular complexity index is 1970. The fourth-order valence-electron chi connectivity index (χ4n) is 7.51. The first-order chi connectivity index (χ1) is 23.3. The molecule has 11 heteroatoms. The summed E-state index contributed by atoms with van der Waals surface area (Å²) in [6.07, 6.45) is 11.2. The first-order valence-corrected chi connectivity index (χ1v) is 17.9. The number of benzene rings is 1. The van der Waals surface area contributed by atoms with Crippen LogP contribution in [0, 0.1) is 12.8 Å². The minimum Gasteiger partial charge on any atom is -0.388 e. The summed E-state index contributed by atoms with van der Waals surface area (Å²) in [7, 11) is 0. The van der Waals surface area contributed by atoms with Crippen molar-refractivity contribution in [3.05, 3.63) is 99.9 Å². The van der Waals surface area contributed by atoms with Crippen LogP contribution in [0.5, 0.6) is 0 Å². The van der Waals surface area contributed by atoms with Crippen LogP contribution < -0.4 is 5.56 Å². The summed E-state index contributed by atoms with van der Waals surface area (Å²) in [6, 6.07) is 16.8. The maximum atomic E-state index is 14.2. The third-order valence-corrected chi connectivity index (χ3v) is 11.5. The molecule has 2 aliphatic heterocycles. The standard InChI is InChI=1S/C37H41N7O3S/c1-25-7-8-27(19-38-25)34-39-20-29(48-34)21-41-15-11-30(32(22-41)26-5-3-2-4-6-26)35(45)42-17-13-37(47,14-18-42)23-43-24-40-33-31(36(43)46)12-16-44(33)28-9-10-28/h2-8,12,16,19-20,24,28,30,32,47H,9-11,13-15,17-18,21-23H2,1H3/t30-,32+/m1/s1. The zero-order valence-electron chi connectivity index (χ0n) is 27.2. The van der Waals surface area contributed by atoms with Crippen molar-refractivity contribution in [1.82, 2.24) is 33.9 Å². The molecule has 48 heavy (non-hydrogen) atoms. The molecule has 1 saturated carbocycles. The van der Waals surface area contributed by atoms with Gasteiger partial charge in [-0.25, -0.2) is 9.97 Å². The molecule has 3 fully saturated rings. The number of carbonyl (C=O) groups excluding carboxylic acids is 1. The average Bonchev–Trinajstić information content (AvgIpc) is 3.68. The molecule has 3 aliphatic rings. The Morgan fingerprint density at radius 3 is 2.54 bits per heavy atom. The van der Waals surface area contributed by atoms with Crippen LogP contribution in [0.15, 0.2) is 78.2 Å². The van der Waals surface area contributed by atoms with Crippen LogP contribution in [0.3, 0.4) is 0 Å². The number of piperidine rings is 2. The van der Waals surface area contributed by atoms with Gasteiger partial charge in [-0.05, 0) is 69.3 Å². The zero-order valence-corrected chi connectivity index (χ0v) is 28.1. The first-order valence-electron chi connectivity index (χ1n) is 17.1. The van der Waals surface area contributed by atoms with Crippen molar-refractivity contribution in [3.8, 4) is 10.6 Å². The van der Waals surface area contributed by atoms with E-state index in [1.807, 2.05) is 48.6 Å². The highest BCUT2D eigenvalue weighted by Gasteiger charge is 2.41. The van der Waals surface area contributed by atoms with Gasteiger partial charge in [0.05, 0.1) is 17.5 Å². The number of pyridine rings is 1. The van der Waals surface area contributed by atoms with Gasteiger partial charge < -0.3 is 14.6 Å². The molecular weight excluding hydrogens is 623 g/mol. The number of nitrogens with zero attached hydrogens (tertiary/aromatic N) is 7. The monoisotopic (exact) mass is 663 g/mol. The molecule has 5 aromatic rings. The van der Waals surface area contributed by atoms with Crippen molar-refractivity contribution in [3.63, 3.8) is 0 Å². The van der Waals surface area contributed by atoms with E-state index in [1.165, 1.54) is 10.4 Å². The van der Waals surface area contributed by atoms with Crippen LogP contribution in [0.25, 0.3) is 21.6 Å². The first kappa shape index (κ1) is 31.1. The Balaban J connectivity index is 0.928. The van der Waals surface area contributed by atoms with Gasteiger partial charge in [0.25, 0.3) is 5.56 Å². The molecule has 1 aromatic carbocycles. The van der Waals surface area contributed by atoms with Gasteiger partial charge in [0.1, 0.15) is 17.0 Å². The summed E-state index contributed by atoms with van der Waals surface area (Å²) < 4.78 is 3.63. The lowest BCUT2D eigenvalue weighted by molar-refractivity contribution is -0.142. The van der Waals surface area contributed by atoms with Gasteiger partial charge >= 0.3 is 0 Å². The largest absolute Gasteiger partial charge is 0.388 e. The highest BCUT2D eigenvalue weighted by molar-refractivity contribution is 7.15. The minimum atomic E-state index is -1.07. The highest BCUT2D eigenvalue weighted by atomic mass is 32.1. The number of amides is 1. The van der Waals surface area contributed by atoms with E-state index in [0.717, 1.165) is 60.8 Å². The van der Waals surface area contributed by atoms with E-state index in [0.29, 0.717) is 37.4 Å². The van der Waals surface area contributed by atoms with Gasteiger partial charge in [-0.1, -0.05) is 30.3 Å². The number of carbonyl (C=O) groups is 1. The van der Waals surface area contributed by atoms with E-state index in [9.17, 15) is 14.7 Å². The maximum Gasteiger partial charge on any atom is 0.262 e. The van der Waals surface area contributed by atoms with Crippen molar-refractivity contribution in [1.29, 1.82) is 0 Å². The fraction of sp³-hybridized carbons (Fsp3) is 0.432. The summed E-state index contributed by atoms with van der Waals surface area (Å²) in [5.41, 5.74) is 2.74. The molecule has 4 aromatic heterocycles. The van der Waals surface area contributed by atoms with Crippen molar-refractivity contribution in [2.75, 3.05) is 26.2 Å². The van der Waals surface area contributed by atoms with Crippen molar-refractivity contribution in [2.24, 2.45) is 5.92 Å². The summed E-state index contributed by atoms with van der Waals surface area (Å²) in [4.78, 5) is 46.7. The van der Waals surface area contributed by atoms with E-state index in [1.54, 1.807) is 22.2 Å². The van der Waals surface area contributed by atoms with Crippen LogP contribution in [0.1, 0.15) is 60.2 Å². The topological polar surface area (TPSA) is 109 Å². The molecule has 1 amide bonds. The molecule has 6 heterocycles. The van der Waals surface area contributed by atoms with Crippen LogP contribution >= 0.6 is 11.3 Å². The predicted octanol–water partition coefficient (Wildman–Crippen LogP) is 5.02. The number of hydrogen-bond acceptors (Lipinski definition) is 8. The average molecular weight is 664 g/mol. The summed E-state index contributed by atoms with van der Waals surface area (Å²) in [5, 5.41) is 13.2. The molecule has 2 saturated heterocycles. The molecule has 10 nitrogen and oxygen atoms in total. The lowest BCUT2D eigenvalue weighted by atomic mass is 9.79. The molecule has 0 bridgehead atoms. The molecular formula is C37H41N7O3S. The van der Waals surface area contributed by atoms with Crippen LogP contribution in [0.4, 0.5) is 0 Å². The third-order valence-electron chi connectivity index (χ3n) is 10.4. The van der Waals surface area contributed by atoms with E-state index in [-0.39, 0.29) is 29.8 Å². The molecule has 0 radical (unpaired) electrons. The minimum absolute atomic E-state index is 0.0706. The second-order valence-corrected chi connectivity index (χ2v) is 15.0. The van der Waals surface area contributed by atoms with Crippen molar-refractivity contribution >= 4 is 28.3 Å². The molecule has 8 rings (SSSR count). The summed E-state index contributed by atoms with van der Waals surface area (Å²) in [6.45, 7) is 5.51. The number of likely N-dealkylation sites (tertiary alicyclic amines) is 2. The number of aromatic nitrogens is 5. The van der Waals surface area contributed by atoms with Gasteiger partial charge in [-0.2, -0.15) is 0 Å². The molecule has 1 N–H and O–H groups in total.